The van der Waals surface area contributed by atoms with Crippen molar-refractivity contribution in [1.82, 2.24) is 67.1 Å². The molecule has 5 rings (SSSR count). The third kappa shape index (κ3) is 22.9. The normalized spacial score (nSPS) is 24.4. The van der Waals surface area contributed by atoms with Crippen LogP contribution in [0.25, 0.3) is 10.9 Å². The number of nitrogens with zero attached hydrogens (tertiary/aromatic N) is 4. The molecule has 0 spiro atoms. The Kier molecular flexibility index (Phi) is 32.3. The Morgan fingerprint density at radius 1 is 0.486 bits per heavy atom. The second-order valence-corrected chi connectivity index (χ2v) is 30.5. The van der Waals surface area contributed by atoms with E-state index in [0.29, 0.717) is 16.7 Å². The van der Waals surface area contributed by atoms with Gasteiger partial charge in [0.05, 0.1) is 12.1 Å². The zero-order valence-corrected chi connectivity index (χ0v) is 65.2. The lowest BCUT2D eigenvalue weighted by molar-refractivity contribution is -0.160. The fourth-order valence-corrected chi connectivity index (χ4v) is 13.1. The van der Waals surface area contributed by atoms with Gasteiger partial charge in [0.25, 0.3) is 0 Å². The lowest BCUT2D eigenvalue weighted by Gasteiger charge is -2.38. The van der Waals surface area contributed by atoms with Crippen LogP contribution in [-0.4, -0.2) is 221 Å². The molecule has 27 nitrogen and oxygen atoms in total. The average molecular weight is 1460 g/mol. The van der Waals surface area contributed by atoms with Crippen molar-refractivity contribution in [2.45, 2.75) is 221 Å². The molecule has 1 fully saturated rings. The number of aromatic nitrogens is 1. The van der Waals surface area contributed by atoms with E-state index in [1.54, 1.807) is 143 Å². The van der Waals surface area contributed by atoms with E-state index in [1.165, 1.54) is 56.7 Å². The van der Waals surface area contributed by atoms with Gasteiger partial charge in [0, 0.05) is 64.6 Å². The van der Waals surface area contributed by atoms with E-state index in [1.807, 2.05) is 52.0 Å². The van der Waals surface area contributed by atoms with Crippen LogP contribution in [0.15, 0.2) is 91.1 Å². The number of aliphatic hydroxyl groups excluding tert-OH is 1. The molecule has 2 heterocycles. The van der Waals surface area contributed by atoms with Gasteiger partial charge in [-0.05, 0) is 91.5 Å². The SMILES string of the molecule is CN[C@H](C(=O)N[C@H](C(=O)N[C@@H]1C(=O)N(C)[C@@H]([C@@H](C)O)C(=O)N[C@@H](C(C)C)C(=O)N(C)[C@@H](CC(C)C)C(=O)N[C@@H](C(C)C)C(=O)N(C)[C@@H](Cc2ccccc2)C(=O)N(C)[C@@H](Cc2c[nH]c3ccccc23)C(=O)N[C@@H](C(C)C)C(=O)N[C@@H](Cc2ccccc2)C(=O)N[C@@H](C(C)C)C(=O)O[C@@H]1C)C(C)C)C(C)C. The molecule has 0 aliphatic carbocycles. The molecule has 10 N–H and O–H groups in total. The van der Waals surface area contributed by atoms with E-state index in [4.69, 9.17) is 4.74 Å². The smallest absolute Gasteiger partial charge is 0.329 e. The average Bonchev–Trinajstić information content (AvgIpc) is 1.73. The zero-order valence-electron chi connectivity index (χ0n) is 65.2. The topological polar surface area (TPSA) is 359 Å². The van der Waals surface area contributed by atoms with Crippen molar-refractivity contribution in [3.05, 3.63) is 108 Å². The number of para-hydroxylation sites is 1. The minimum absolute atomic E-state index is 0.0535. The van der Waals surface area contributed by atoms with Gasteiger partial charge in [-0.15, -0.1) is 0 Å². The van der Waals surface area contributed by atoms with Gasteiger partial charge in [0.1, 0.15) is 72.6 Å². The minimum atomic E-state index is -1.90. The fourth-order valence-electron chi connectivity index (χ4n) is 13.1. The number of aliphatic hydroxyl groups is 1. The van der Waals surface area contributed by atoms with Crippen LogP contribution in [0, 0.1) is 41.4 Å². The zero-order chi connectivity index (χ0) is 78.8. The maximum absolute atomic E-state index is 15.8. The number of H-pyrrole nitrogens is 1. The second-order valence-electron chi connectivity index (χ2n) is 30.5. The summed E-state index contributed by atoms with van der Waals surface area (Å²) in [5.41, 5.74) is 2.61. The summed E-state index contributed by atoms with van der Waals surface area (Å²) in [6, 6.07) is 8.10. The number of fused-ring (bicyclic) bond motifs is 1. The molecule has 0 saturated carbocycles. The van der Waals surface area contributed by atoms with Gasteiger partial charge in [-0.1, -0.05) is 176 Å². The number of likely N-dealkylation sites (N-methyl/N-ethyl adjacent to an activating group) is 5. The first kappa shape index (κ1) is 86.4. The summed E-state index contributed by atoms with van der Waals surface area (Å²) in [7, 11) is 7.02. The van der Waals surface area contributed by atoms with Gasteiger partial charge in [0.15, 0.2) is 0 Å². The number of aromatic amines is 1. The summed E-state index contributed by atoms with van der Waals surface area (Å²) in [4.78, 5) is 189. The van der Waals surface area contributed by atoms with Crippen LogP contribution in [-0.2, 0) is 81.5 Å². The molecule has 1 aliphatic heterocycles. The van der Waals surface area contributed by atoms with Gasteiger partial charge >= 0.3 is 5.97 Å². The predicted molar refractivity (Wildman–Crippen MR) is 401 cm³/mol. The van der Waals surface area contributed by atoms with Crippen molar-refractivity contribution in [2.75, 3.05) is 35.2 Å². The molecule has 4 aromatic rings. The fraction of sp³-hybridized carbons (Fsp3) is 0.590. The van der Waals surface area contributed by atoms with Crippen molar-refractivity contribution < 1.29 is 67.4 Å². The number of amides is 11. The number of cyclic esters (lactones) is 1. The molecule has 0 unspecified atom stereocenters. The maximum Gasteiger partial charge on any atom is 0.329 e. The summed E-state index contributed by atoms with van der Waals surface area (Å²) in [6.07, 6.45) is -1.88. The van der Waals surface area contributed by atoms with Crippen LogP contribution in [0.2, 0.25) is 0 Å². The summed E-state index contributed by atoms with van der Waals surface area (Å²) in [6.45, 7) is 26.4. The lowest BCUT2D eigenvalue weighted by atomic mass is 9.95. The van der Waals surface area contributed by atoms with E-state index in [2.05, 4.69) is 47.5 Å². The third-order valence-corrected chi connectivity index (χ3v) is 19.6. The molecular formula is C78H117N13O14. The highest BCUT2D eigenvalue weighted by Gasteiger charge is 2.46. The van der Waals surface area contributed by atoms with Gasteiger partial charge in [-0.2, -0.15) is 0 Å². The van der Waals surface area contributed by atoms with Crippen molar-refractivity contribution >= 4 is 81.9 Å². The van der Waals surface area contributed by atoms with Crippen LogP contribution >= 0.6 is 0 Å². The van der Waals surface area contributed by atoms with Crippen LogP contribution < -0.4 is 42.5 Å². The van der Waals surface area contributed by atoms with E-state index < -0.39 is 185 Å². The molecule has 0 bridgehead atoms. The highest BCUT2D eigenvalue weighted by atomic mass is 16.5. The summed E-state index contributed by atoms with van der Waals surface area (Å²) in [5, 5.41) is 34.9. The van der Waals surface area contributed by atoms with Crippen LogP contribution in [0.3, 0.4) is 0 Å². The van der Waals surface area contributed by atoms with Gasteiger partial charge in [0.2, 0.25) is 65.0 Å². The van der Waals surface area contributed by atoms with Crippen molar-refractivity contribution in [3.8, 4) is 0 Å². The van der Waals surface area contributed by atoms with Gasteiger partial charge in [-0.25, -0.2) is 4.79 Å². The number of hydrogen-bond acceptors (Lipinski definition) is 15. The molecule has 578 valence electrons. The largest absolute Gasteiger partial charge is 0.458 e. The number of nitrogens with one attached hydrogen (secondary N) is 9. The first-order valence-electron chi connectivity index (χ1n) is 36.6. The van der Waals surface area contributed by atoms with Crippen molar-refractivity contribution in [1.29, 1.82) is 0 Å². The Morgan fingerprint density at radius 2 is 0.952 bits per heavy atom. The Hall–Kier alpha value is -9.24. The number of esters is 1. The molecule has 11 amide bonds. The summed E-state index contributed by atoms with van der Waals surface area (Å²) < 4.78 is 6.10. The standard InChI is InChI=1S/C78H117N13O14/c1-41(2)36-56-68(94)84-62(45(9)10)76(102)90(20)58(38-51-32-26-23-27-33-51)74(100)88(18)57(39-52-40-80-54-35-29-28-34-53(52)54)69(95)82-60(43(5)6)71(97)81-55(37-50-30-24-22-25-31-50)67(93)86-64(47(13)14)78(104)105-49(16)65(87-72(98)61(44(7)8)83-70(96)59(79-17)42(3)4)77(103)91(21)66(48(15)92)73(99)85-63(46(11)12)75(101)89(56)19/h22-35,40-49,55-66,79-80,92H,36-39H2,1-21H3,(H,81,97)(H,82,95)(H,83,96)(H,84,94)(H,85,99)(H,86,93)(H,87,98)/t48-,49-,55+,56+,57+,58+,59+,60+,61+,62+,63+,64+,65+,66+/m1/s1. The van der Waals surface area contributed by atoms with Gasteiger partial charge < -0.3 is 77.0 Å². The Morgan fingerprint density at radius 3 is 1.46 bits per heavy atom. The molecule has 1 aliphatic rings. The Labute approximate surface area is 619 Å². The van der Waals surface area contributed by atoms with Crippen molar-refractivity contribution in [3.63, 3.8) is 0 Å². The van der Waals surface area contributed by atoms with Crippen LogP contribution in [0.4, 0.5) is 0 Å². The second kappa shape index (κ2) is 39.2. The molecule has 0 radical (unpaired) electrons. The van der Waals surface area contributed by atoms with Gasteiger partial charge in [-0.3, -0.25) is 52.7 Å². The quantitative estimate of drug-likeness (QED) is 0.0563. The molecule has 105 heavy (non-hydrogen) atoms. The minimum Gasteiger partial charge on any atom is -0.458 e. The van der Waals surface area contributed by atoms with Crippen LogP contribution in [0.1, 0.15) is 134 Å². The first-order valence-corrected chi connectivity index (χ1v) is 36.6. The number of carbonyl (C=O) groups excluding carboxylic acids is 12. The number of carbonyl (C=O) groups is 12. The molecule has 1 saturated heterocycles. The van der Waals surface area contributed by atoms with Crippen molar-refractivity contribution in [2.24, 2.45) is 41.4 Å². The maximum atomic E-state index is 15.8. The highest BCUT2D eigenvalue weighted by molar-refractivity contribution is 6.00. The van der Waals surface area contributed by atoms with E-state index >= 15 is 38.4 Å². The predicted octanol–water partition coefficient (Wildman–Crippen LogP) is 3.79. The van der Waals surface area contributed by atoms with E-state index in [9.17, 15) is 24.3 Å². The molecule has 27 heteroatoms. The molecule has 14 atom stereocenters. The molecule has 3 aromatic carbocycles. The Balaban J connectivity index is 1.75. The number of hydrogen-bond donors (Lipinski definition) is 10. The molecular weight excluding hydrogens is 1340 g/mol. The summed E-state index contributed by atoms with van der Waals surface area (Å²) >= 11 is 0. The van der Waals surface area contributed by atoms with E-state index in [0.717, 1.165) is 15.8 Å². The monoisotopic (exact) mass is 1460 g/mol. The molecule has 1 aromatic heterocycles. The van der Waals surface area contributed by atoms with E-state index in [-0.39, 0.29) is 37.5 Å². The highest BCUT2D eigenvalue weighted by Crippen LogP contribution is 2.25. The van der Waals surface area contributed by atoms with Crippen LogP contribution in [0.5, 0.6) is 0 Å². The third-order valence-electron chi connectivity index (χ3n) is 19.6. The summed E-state index contributed by atoms with van der Waals surface area (Å²) in [5.74, 6) is -13.9. The first-order chi connectivity index (χ1) is 49.2. The number of ether oxygens (including phenoxy) is 1. The number of benzene rings is 3. The number of rotatable bonds is 20. The lowest BCUT2D eigenvalue weighted by Crippen LogP contribution is -2.65. The Bertz CT molecular complexity index is 3640.